The fraction of sp³-hybridized carbons (Fsp3) is 0.222. The van der Waals surface area contributed by atoms with Gasteiger partial charge in [0.1, 0.15) is 11.5 Å². The van der Waals surface area contributed by atoms with E-state index in [1.54, 1.807) is 43.5 Å². The lowest BCUT2D eigenvalue weighted by Crippen LogP contribution is -2.48. The van der Waals surface area contributed by atoms with Gasteiger partial charge in [0.25, 0.3) is 11.8 Å². The minimum atomic E-state index is -0.338. The summed E-state index contributed by atoms with van der Waals surface area (Å²) in [6.45, 7) is 2.64. The van der Waals surface area contributed by atoms with E-state index in [0.29, 0.717) is 24.4 Å². The van der Waals surface area contributed by atoms with Crippen molar-refractivity contribution in [1.29, 1.82) is 0 Å². The van der Waals surface area contributed by atoms with E-state index in [0.717, 1.165) is 30.2 Å². The van der Waals surface area contributed by atoms with Crippen LogP contribution in [0.5, 0.6) is 11.5 Å². The minimum Gasteiger partial charge on any atom is -0.497 e. The number of hydrogen-bond acceptors (Lipinski definition) is 6. The number of carbonyl (C=O) groups excluding carboxylic acids is 2. The second kappa shape index (κ2) is 12.0. The van der Waals surface area contributed by atoms with Gasteiger partial charge in [-0.25, -0.2) is 0 Å². The van der Waals surface area contributed by atoms with Gasteiger partial charge in [-0.1, -0.05) is 18.2 Å². The van der Waals surface area contributed by atoms with Crippen molar-refractivity contribution in [3.05, 3.63) is 84.4 Å². The molecule has 186 valence electrons. The molecule has 3 aromatic carbocycles. The lowest BCUT2D eigenvalue weighted by molar-refractivity contribution is -0.121. The maximum atomic E-state index is 12.8. The van der Waals surface area contributed by atoms with Gasteiger partial charge in [0.2, 0.25) is 0 Å². The molecule has 9 heteroatoms. The number of ether oxygens (including phenoxy) is 2. The van der Waals surface area contributed by atoms with Crippen LogP contribution in [-0.2, 0) is 4.79 Å². The molecule has 0 unspecified atom stereocenters. The number of methoxy groups -OCH3 is 1. The molecule has 0 saturated carbocycles. The summed E-state index contributed by atoms with van der Waals surface area (Å²) in [5, 5.41) is 5.83. The van der Waals surface area contributed by atoms with Crippen LogP contribution < -0.4 is 25.0 Å². The Labute approximate surface area is 215 Å². The van der Waals surface area contributed by atoms with Gasteiger partial charge >= 0.3 is 0 Å². The monoisotopic (exact) mass is 504 g/mol. The van der Waals surface area contributed by atoms with Crippen LogP contribution in [0.4, 0.5) is 11.4 Å². The Morgan fingerprint density at radius 3 is 2.17 bits per heavy atom. The molecule has 0 aromatic heterocycles. The summed E-state index contributed by atoms with van der Waals surface area (Å²) in [6, 6.07) is 24.1. The number of nitrogens with one attached hydrogen (secondary N) is 2. The number of nitrogens with zero attached hydrogens (tertiary/aromatic N) is 2. The maximum Gasteiger partial charge on any atom is 0.264 e. The summed E-state index contributed by atoms with van der Waals surface area (Å²) in [4.78, 5) is 29.0. The number of thiocarbonyl (C=S) groups is 1. The SMILES string of the molecule is COc1ccc(C(=O)N2CCN(c3ccc(NC(=S)NC(=O)COc4ccccc4)cc3)CC2)cc1. The van der Waals surface area contributed by atoms with Gasteiger partial charge < -0.3 is 24.6 Å². The third-order valence-corrected chi connectivity index (χ3v) is 5.96. The molecule has 36 heavy (non-hydrogen) atoms. The molecule has 2 N–H and O–H groups in total. The normalized spacial score (nSPS) is 13.0. The van der Waals surface area contributed by atoms with Crippen LogP contribution in [0.1, 0.15) is 10.4 Å². The van der Waals surface area contributed by atoms with Crippen molar-refractivity contribution >= 4 is 40.5 Å². The lowest BCUT2D eigenvalue weighted by Gasteiger charge is -2.36. The highest BCUT2D eigenvalue weighted by Crippen LogP contribution is 2.21. The Bertz CT molecular complexity index is 1180. The second-order valence-corrected chi connectivity index (χ2v) is 8.57. The first kappa shape index (κ1) is 25.0. The largest absolute Gasteiger partial charge is 0.497 e. The van der Waals surface area contributed by atoms with E-state index >= 15 is 0 Å². The van der Waals surface area contributed by atoms with Crippen LogP contribution in [0.2, 0.25) is 0 Å². The standard InChI is InChI=1S/C27H28N4O4S/c1-34-23-13-7-20(8-14-23)26(33)31-17-15-30(16-18-31)22-11-9-21(10-12-22)28-27(36)29-25(32)19-35-24-5-3-2-4-6-24/h2-14H,15-19H2,1H3,(H2,28,29,32,36). The van der Waals surface area contributed by atoms with Crippen LogP contribution in [0, 0.1) is 0 Å². The van der Waals surface area contributed by atoms with Gasteiger partial charge in [-0.3, -0.25) is 14.9 Å². The van der Waals surface area contributed by atoms with Gasteiger partial charge in [-0.2, -0.15) is 0 Å². The van der Waals surface area contributed by atoms with Crippen molar-refractivity contribution < 1.29 is 19.1 Å². The van der Waals surface area contributed by atoms with Crippen LogP contribution in [0.3, 0.4) is 0 Å². The molecule has 4 rings (SSSR count). The number of rotatable bonds is 7. The van der Waals surface area contributed by atoms with E-state index in [2.05, 4.69) is 15.5 Å². The molecule has 1 aliphatic rings. The summed E-state index contributed by atoms with van der Waals surface area (Å²) < 4.78 is 10.6. The number of para-hydroxylation sites is 1. The zero-order chi connectivity index (χ0) is 25.3. The molecule has 1 heterocycles. The van der Waals surface area contributed by atoms with Crippen LogP contribution in [-0.4, -0.2) is 61.7 Å². The summed E-state index contributed by atoms with van der Waals surface area (Å²) in [7, 11) is 1.61. The van der Waals surface area contributed by atoms with E-state index in [1.807, 2.05) is 47.4 Å². The maximum absolute atomic E-state index is 12.8. The molecular formula is C27H28N4O4S. The van der Waals surface area contributed by atoms with E-state index in [4.69, 9.17) is 21.7 Å². The van der Waals surface area contributed by atoms with Gasteiger partial charge in [-0.15, -0.1) is 0 Å². The number of piperazine rings is 1. The Hall–Kier alpha value is -4.11. The fourth-order valence-corrected chi connectivity index (χ4v) is 4.06. The molecule has 1 fully saturated rings. The van der Waals surface area contributed by atoms with E-state index in [9.17, 15) is 9.59 Å². The van der Waals surface area contributed by atoms with Crippen LogP contribution in [0.15, 0.2) is 78.9 Å². The van der Waals surface area contributed by atoms with Crippen LogP contribution in [0.25, 0.3) is 0 Å². The third kappa shape index (κ3) is 6.73. The highest BCUT2D eigenvalue weighted by Gasteiger charge is 2.22. The number of carbonyl (C=O) groups is 2. The number of anilines is 2. The van der Waals surface area contributed by atoms with Crippen molar-refractivity contribution in [1.82, 2.24) is 10.2 Å². The van der Waals surface area contributed by atoms with Crippen molar-refractivity contribution in [2.24, 2.45) is 0 Å². The molecule has 0 atom stereocenters. The van der Waals surface area contributed by atoms with E-state index in [1.165, 1.54) is 0 Å². The highest BCUT2D eigenvalue weighted by molar-refractivity contribution is 7.80. The van der Waals surface area contributed by atoms with Crippen molar-refractivity contribution in [2.75, 3.05) is 50.1 Å². The predicted molar refractivity (Wildman–Crippen MR) is 144 cm³/mol. The average Bonchev–Trinajstić information content (AvgIpc) is 2.92. The van der Waals surface area contributed by atoms with Gasteiger partial charge in [0.05, 0.1) is 7.11 Å². The molecule has 0 aliphatic carbocycles. The van der Waals surface area contributed by atoms with Gasteiger partial charge in [-0.05, 0) is 72.9 Å². The number of amides is 2. The van der Waals surface area contributed by atoms with Crippen molar-refractivity contribution in [3.63, 3.8) is 0 Å². The predicted octanol–water partition coefficient (Wildman–Crippen LogP) is 3.55. The Morgan fingerprint density at radius 1 is 0.861 bits per heavy atom. The Kier molecular flexibility index (Phi) is 8.36. The Balaban J connectivity index is 1.22. The molecule has 0 radical (unpaired) electrons. The summed E-state index contributed by atoms with van der Waals surface area (Å²) in [6.07, 6.45) is 0. The zero-order valence-electron chi connectivity index (χ0n) is 20.0. The van der Waals surface area contributed by atoms with Gasteiger partial charge in [0.15, 0.2) is 11.7 Å². The highest BCUT2D eigenvalue weighted by atomic mass is 32.1. The third-order valence-electron chi connectivity index (χ3n) is 5.76. The molecular weight excluding hydrogens is 476 g/mol. The van der Waals surface area contributed by atoms with E-state index < -0.39 is 0 Å². The first-order chi connectivity index (χ1) is 17.5. The Morgan fingerprint density at radius 2 is 1.53 bits per heavy atom. The number of benzene rings is 3. The van der Waals surface area contributed by atoms with E-state index in [-0.39, 0.29) is 23.5 Å². The summed E-state index contributed by atoms with van der Waals surface area (Å²) in [5.41, 5.74) is 2.49. The molecule has 2 amide bonds. The molecule has 1 saturated heterocycles. The molecule has 0 spiro atoms. The first-order valence-electron chi connectivity index (χ1n) is 11.6. The molecule has 0 bridgehead atoms. The first-order valence-corrected chi connectivity index (χ1v) is 12.0. The zero-order valence-corrected chi connectivity index (χ0v) is 20.8. The summed E-state index contributed by atoms with van der Waals surface area (Å²) >= 11 is 5.24. The quantitative estimate of drug-likeness (QED) is 0.476. The smallest absolute Gasteiger partial charge is 0.264 e. The lowest BCUT2D eigenvalue weighted by atomic mass is 10.1. The number of hydrogen-bond donors (Lipinski definition) is 2. The van der Waals surface area contributed by atoms with Crippen LogP contribution >= 0.6 is 12.2 Å². The van der Waals surface area contributed by atoms with Crippen molar-refractivity contribution in [3.8, 4) is 11.5 Å². The van der Waals surface area contributed by atoms with Crippen molar-refractivity contribution in [2.45, 2.75) is 0 Å². The topological polar surface area (TPSA) is 83.1 Å². The average molecular weight is 505 g/mol. The molecule has 8 nitrogen and oxygen atoms in total. The van der Waals surface area contributed by atoms with Gasteiger partial charge in [0, 0.05) is 43.1 Å². The fourth-order valence-electron chi connectivity index (χ4n) is 3.83. The molecule has 1 aliphatic heterocycles. The molecule has 3 aromatic rings. The second-order valence-electron chi connectivity index (χ2n) is 8.16. The minimum absolute atomic E-state index is 0.0292. The summed E-state index contributed by atoms with van der Waals surface area (Å²) in [5.74, 6) is 1.04.